The van der Waals surface area contributed by atoms with Crippen molar-refractivity contribution in [1.82, 2.24) is 5.32 Å². The summed E-state index contributed by atoms with van der Waals surface area (Å²) in [6, 6.07) is 7.59. The zero-order valence-electron chi connectivity index (χ0n) is 12.7. The minimum Gasteiger partial charge on any atom is -0.350 e. The third kappa shape index (κ3) is 4.45. The number of rotatable bonds is 5. The largest absolute Gasteiger partial charge is 0.350 e. The summed E-state index contributed by atoms with van der Waals surface area (Å²) in [5.41, 5.74) is 6.99. The molecular weight excluding hydrogens is 284 g/mol. The van der Waals surface area contributed by atoms with Crippen molar-refractivity contribution in [1.29, 1.82) is 0 Å². The quantitative estimate of drug-likeness (QED) is 0.869. The van der Waals surface area contributed by atoms with E-state index in [1.54, 1.807) is 0 Å². The minimum absolute atomic E-state index is 0.0103. The van der Waals surface area contributed by atoms with Crippen LogP contribution < -0.4 is 11.1 Å². The number of carbonyl (C=O) groups excluding carboxylic acids is 1. The summed E-state index contributed by atoms with van der Waals surface area (Å²) in [5, 5.41) is 3.77. The monoisotopic (exact) mass is 308 g/mol. The molecular formula is C17H25ClN2O. The molecule has 1 amide bonds. The number of hydrogen-bond acceptors (Lipinski definition) is 2. The Morgan fingerprint density at radius 3 is 2.71 bits per heavy atom. The summed E-state index contributed by atoms with van der Waals surface area (Å²) in [6.45, 7) is 2.59. The summed E-state index contributed by atoms with van der Waals surface area (Å²) in [7, 11) is 0. The molecule has 0 aliphatic heterocycles. The van der Waals surface area contributed by atoms with Crippen LogP contribution in [-0.2, 0) is 4.79 Å². The molecule has 21 heavy (non-hydrogen) atoms. The lowest BCUT2D eigenvalue weighted by molar-refractivity contribution is -0.124. The fourth-order valence-electron chi connectivity index (χ4n) is 3.25. The van der Waals surface area contributed by atoms with Crippen LogP contribution in [0, 0.1) is 5.41 Å². The summed E-state index contributed by atoms with van der Waals surface area (Å²) < 4.78 is 0. The van der Waals surface area contributed by atoms with Crippen LogP contribution in [0.25, 0.3) is 0 Å². The second-order valence-corrected chi connectivity index (χ2v) is 6.72. The van der Waals surface area contributed by atoms with Gasteiger partial charge in [0.25, 0.3) is 0 Å². The standard InChI is InChI=1S/C17H25ClN2O/c1-13(14-6-5-7-15(18)10-14)20-16(21)11-17(12-19)8-3-2-4-9-17/h5-7,10,13H,2-4,8-9,11-12,19H2,1H3,(H,20,21)/t13-/m1/s1. The number of benzene rings is 1. The highest BCUT2D eigenvalue weighted by molar-refractivity contribution is 6.30. The Kier molecular flexibility index (Phi) is 5.65. The first kappa shape index (κ1) is 16.3. The Morgan fingerprint density at radius 1 is 1.38 bits per heavy atom. The lowest BCUT2D eigenvalue weighted by atomic mass is 9.71. The van der Waals surface area contributed by atoms with E-state index in [9.17, 15) is 4.79 Å². The molecule has 1 aliphatic carbocycles. The molecule has 1 aromatic carbocycles. The van der Waals surface area contributed by atoms with Crippen molar-refractivity contribution in [3.05, 3.63) is 34.9 Å². The van der Waals surface area contributed by atoms with Gasteiger partial charge < -0.3 is 11.1 Å². The van der Waals surface area contributed by atoms with Gasteiger partial charge in [-0.2, -0.15) is 0 Å². The number of nitrogens with two attached hydrogens (primary N) is 1. The predicted molar refractivity (Wildman–Crippen MR) is 87.2 cm³/mol. The normalized spacial score (nSPS) is 19.0. The lowest BCUT2D eigenvalue weighted by Crippen LogP contribution is -2.39. The average Bonchev–Trinajstić information content (AvgIpc) is 2.48. The topological polar surface area (TPSA) is 55.1 Å². The van der Waals surface area contributed by atoms with Gasteiger partial charge in [0.2, 0.25) is 5.91 Å². The smallest absolute Gasteiger partial charge is 0.221 e. The minimum atomic E-state index is -0.0328. The molecule has 0 unspecified atom stereocenters. The molecule has 0 spiro atoms. The number of halogens is 1. The second-order valence-electron chi connectivity index (χ2n) is 6.29. The highest BCUT2D eigenvalue weighted by Crippen LogP contribution is 2.38. The molecule has 0 saturated heterocycles. The van der Waals surface area contributed by atoms with Gasteiger partial charge in [-0.05, 0) is 49.4 Å². The Morgan fingerprint density at radius 2 is 2.10 bits per heavy atom. The number of nitrogens with one attached hydrogen (secondary N) is 1. The molecule has 3 N–H and O–H groups in total. The van der Waals surface area contributed by atoms with E-state index in [-0.39, 0.29) is 17.4 Å². The Labute approximate surface area is 132 Å². The van der Waals surface area contributed by atoms with E-state index in [0.717, 1.165) is 18.4 Å². The molecule has 116 valence electrons. The van der Waals surface area contributed by atoms with Gasteiger partial charge >= 0.3 is 0 Å². The summed E-state index contributed by atoms with van der Waals surface area (Å²) in [5.74, 6) is 0.0924. The van der Waals surface area contributed by atoms with Crippen molar-refractivity contribution < 1.29 is 4.79 Å². The van der Waals surface area contributed by atoms with Crippen LogP contribution in [0.2, 0.25) is 5.02 Å². The van der Waals surface area contributed by atoms with Crippen molar-refractivity contribution >= 4 is 17.5 Å². The van der Waals surface area contributed by atoms with Crippen molar-refractivity contribution in [2.45, 2.75) is 51.5 Å². The van der Waals surface area contributed by atoms with Gasteiger partial charge in [0.1, 0.15) is 0 Å². The van der Waals surface area contributed by atoms with E-state index in [1.165, 1.54) is 19.3 Å². The van der Waals surface area contributed by atoms with Crippen LogP contribution in [-0.4, -0.2) is 12.5 Å². The Balaban J connectivity index is 1.94. The lowest BCUT2D eigenvalue weighted by Gasteiger charge is -2.36. The van der Waals surface area contributed by atoms with E-state index in [4.69, 9.17) is 17.3 Å². The van der Waals surface area contributed by atoms with Gasteiger partial charge in [-0.15, -0.1) is 0 Å². The molecule has 0 radical (unpaired) electrons. The molecule has 1 atom stereocenters. The van der Waals surface area contributed by atoms with Crippen LogP contribution >= 0.6 is 11.6 Å². The Hall–Kier alpha value is -1.06. The van der Waals surface area contributed by atoms with Crippen LogP contribution in [0.15, 0.2) is 24.3 Å². The fraction of sp³-hybridized carbons (Fsp3) is 0.588. The third-order valence-electron chi connectivity index (χ3n) is 4.61. The van der Waals surface area contributed by atoms with Gasteiger partial charge in [0, 0.05) is 11.4 Å². The first-order chi connectivity index (χ1) is 10.0. The van der Waals surface area contributed by atoms with E-state index < -0.39 is 0 Å². The average molecular weight is 309 g/mol. The fourth-order valence-corrected chi connectivity index (χ4v) is 3.45. The molecule has 0 aromatic heterocycles. The zero-order chi connectivity index (χ0) is 15.3. The van der Waals surface area contributed by atoms with Crippen molar-refractivity contribution in [2.75, 3.05) is 6.54 Å². The van der Waals surface area contributed by atoms with E-state index in [1.807, 2.05) is 31.2 Å². The zero-order valence-corrected chi connectivity index (χ0v) is 13.5. The molecule has 1 fully saturated rings. The predicted octanol–water partition coefficient (Wildman–Crippen LogP) is 3.82. The maximum absolute atomic E-state index is 12.3. The number of carbonyl (C=O) groups is 1. The molecule has 2 rings (SSSR count). The van der Waals surface area contributed by atoms with Gasteiger partial charge in [0.15, 0.2) is 0 Å². The molecule has 3 nitrogen and oxygen atoms in total. The summed E-state index contributed by atoms with van der Waals surface area (Å²) in [4.78, 5) is 12.3. The van der Waals surface area contributed by atoms with Gasteiger partial charge in [-0.1, -0.05) is 43.0 Å². The van der Waals surface area contributed by atoms with Crippen LogP contribution in [0.3, 0.4) is 0 Å². The SMILES string of the molecule is C[C@@H](NC(=O)CC1(CN)CCCCC1)c1cccc(Cl)c1. The highest BCUT2D eigenvalue weighted by atomic mass is 35.5. The second kappa shape index (κ2) is 7.28. The van der Waals surface area contributed by atoms with Gasteiger partial charge in [-0.25, -0.2) is 0 Å². The van der Waals surface area contributed by atoms with E-state index in [2.05, 4.69) is 5.32 Å². The van der Waals surface area contributed by atoms with Crippen LogP contribution in [0.4, 0.5) is 0 Å². The molecule has 0 bridgehead atoms. The Bertz CT molecular complexity index is 483. The van der Waals surface area contributed by atoms with Crippen molar-refractivity contribution in [2.24, 2.45) is 11.1 Å². The van der Waals surface area contributed by atoms with Crippen LogP contribution in [0.1, 0.15) is 57.1 Å². The number of hydrogen-bond donors (Lipinski definition) is 2. The molecule has 1 aromatic rings. The molecule has 1 aliphatic rings. The maximum atomic E-state index is 12.3. The van der Waals surface area contributed by atoms with Crippen LogP contribution in [0.5, 0.6) is 0 Å². The van der Waals surface area contributed by atoms with Gasteiger partial charge in [-0.3, -0.25) is 4.79 Å². The summed E-state index contributed by atoms with van der Waals surface area (Å²) in [6.07, 6.45) is 6.32. The first-order valence-corrected chi connectivity index (χ1v) is 8.17. The maximum Gasteiger partial charge on any atom is 0.221 e. The van der Waals surface area contributed by atoms with E-state index in [0.29, 0.717) is 18.0 Å². The van der Waals surface area contributed by atoms with E-state index >= 15 is 0 Å². The molecule has 4 heteroatoms. The summed E-state index contributed by atoms with van der Waals surface area (Å²) >= 11 is 6.00. The number of amides is 1. The molecule has 1 saturated carbocycles. The molecule has 0 heterocycles. The highest BCUT2D eigenvalue weighted by Gasteiger charge is 2.33. The van der Waals surface area contributed by atoms with Crippen molar-refractivity contribution in [3.8, 4) is 0 Å². The van der Waals surface area contributed by atoms with Gasteiger partial charge in [0.05, 0.1) is 6.04 Å². The first-order valence-electron chi connectivity index (χ1n) is 7.80. The van der Waals surface area contributed by atoms with Crippen molar-refractivity contribution in [3.63, 3.8) is 0 Å². The third-order valence-corrected chi connectivity index (χ3v) is 4.84.